The van der Waals surface area contributed by atoms with E-state index < -0.39 is 28.6 Å². The molecule has 0 fully saturated rings. The summed E-state index contributed by atoms with van der Waals surface area (Å²) >= 11 is 0. The van der Waals surface area contributed by atoms with E-state index in [4.69, 9.17) is 9.47 Å². The first-order chi connectivity index (χ1) is 13.3. The normalized spacial score (nSPS) is 14.6. The number of hydrogen-bond donors (Lipinski definition) is 2. The van der Waals surface area contributed by atoms with Gasteiger partial charge in [0.25, 0.3) is 5.69 Å². The van der Waals surface area contributed by atoms with E-state index in [0.29, 0.717) is 5.75 Å². The molecule has 0 saturated heterocycles. The molecule has 2 N–H and O–H groups in total. The minimum absolute atomic E-state index is 0.0186. The number of alkyl carbamates (subject to hydrolysis) is 1. The molecule has 0 saturated carbocycles. The van der Waals surface area contributed by atoms with E-state index in [1.807, 2.05) is 27.7 Å². The summed E-state index contributed by atoms with van der Waals surface area (Å²) in [6.07, 6.45) is -1.13. The zero-order chi connectivity index (χ0) is 22.4. The van der Waals surface area contributed by atoms with Crippen molar-refractivity contribution in [3.8, 4) is 5.75 Å². The highest BCUT2D eigenvalue weighted by atomic mass is 16.6. The standard InChI is InChI=1S/C20H31N3O6/c1-12(2)17(18(24)22-19(25)29-20(5,6)7)21-13(3)14(4)28-16-10-8-15(9-11-16)23(26)27/h8-14,17,21H,1-7H3,(H,22,24,25)/t13?,14?,17-/m0/s1. The fourth-order valence-electron chi connectivity index (χ4n) is 2.43. The Morgan fingerprint density at radius 2 is 1.62 bits per heavy atom. The lowest BCUT2D eigenvalue weighted by Crippen LogP contribution is -2.55. The third-order valence-corrected chi connectivity index (χ3v) is 4.09. The lowest BCUT2D eigenvalue weighted by atomic mass is 10.0. The van der Waals surface area contributed by atoms with Crippen molar-refractivity contribution in [3.05, 3.63) is 34.4 Å². The Hall–Kier alpha value is -2.68. The topological polar surface area (TPSA) is 120 Å². The van der Waals surface area contributed by atoms with Gasteiger partial charge in [-0.3, -0.25) is 25.5 Å². The second kappa shape index (κ2) is 10.2. The van der Waals surface area contributed by atoms with Gasteiger partial charge in [0.1, 0.15) is 17.5 Å². The van der Waals surface area contributed by atoms with Gasteiger partial charge in [0.05, 0.1) is 11.0 Å². The van der Waals surface area contributed by atoms with E-state index in [0.717, 1.165) is 0 Å². The predicted octanol–water partition coefficient (Wildman–Crippen LogP) is 3.42. The third-order valence-electron chi connectivity index (χ3n) is 4.09. The molecule has 0 spiro atoms. The number of nitro benzene ring substituents is 1. The molecule has 1 aromatic carbocycles. The summed E-state index contributed by atoms with van der Waals surface area (Å²) in [7, 11) is 0. The van der Waals surface area contributed by atoms with Gasteiger partial charge in [-0.2, -0.15) is 0 Å². The summed E-state index contributed by atoms with van der Waals surface area (Å²) in [4.78, 5) is 34.6. The predicted molar refractivity (Wildman–Crippen MR) is 109 cm³/mol. The number of amides is 2. The van der Waals surface area contributed by atoms with Crippen LogP contribution in [0.25, 0.3) is 0 Å². The lowest BCUT2D eigenvalue weighted by Gasteiger charge is -2.29. The Kier molecular flexibility index (Phi) is 8.57. The summed E-state index contributed by atoms with van der Waals surface area (Å²) in [5.74, 6) is -0.0915. The molecule has 0 aliphatic heterocycles. The highest BCUT2D eigenvalue weighted by molar-refractivity contribution is 5.95. The number of imide groups is 1. The van der Waals surface area contributed by atoms with Crippen molar-refractivity contribution in [1.82, 2.24) is 10.6 Å². The lowest BCUT2D eigenvalue weighted by molar-refractivity contribution is -0.384. The zero-order valence-corrected chi connectivity index (χ0v) is 18.0. The largest absolute Gasteiger partial charge is 0.489 e. The van der Waals surface area contributed by atoms with Gasteiger partial charge in [-0.15, -0.1) is 0 Å². The summed E-state index contributed by atoms with van der Waals surface area (Å²) in [6.45, 7) is 12.5. The number of nitrogens with zero attached hydrogens (tertiary/aromatic N) is 1. The Balaban J connectivity index is 2.70. The Morgan fingerprint density at radius 1 is 1.07 bits per heavy atom. The van der Waals surface area contributed by atoms with Gasteiger partial charge < -0.3 is 9.47 Å². The average molecular weight is 409 g/mol. The second-order valence-corrected chi connectivity index (χ2v) is 8.24. The van der Waals surface area contributed by atoms with E-state index in [1.54, 1.807) is 20.8 Å². The van der Waals surface area contributed by atoms with Crippen LogP contribution in [-0.4, -0.2) is 40.7 Å². The van der Waals surface area contributed by atoms with Gasteiger partial charge in [0.15, 0.2) is 0 Å². The number of hydrogen-bond acceptors (Lipinski definition) is 7. The number of carbonyl (C=O) groups excluding carboxylic acids is 2. The van der Waals surface area contributed by atoms with E-state index in [-0.39, 0.29) is 23.8 Å². The number of ether oxygens (including phenoxy) is 2. The van der Waals surface area contributed by atoms with Gasteiger partial charge in [0, 0.05) is 18.2 Å². The number of nitro groups is 1. The first-order valence-electron chi connectivity index (χ1n) is 9.51. The van der Waals surface area contributed by atoms with Crippen molar-refractivity contribution in [2.45, 2.75) is 72.3 Å². The van der Waals surface area contributed by atoms with E-state index in [9.17, 15) is 19.7 Å². The van der Waals surface area contributed by atoms with Crippen LogP contribution in [0.15, 0.2) is 24.3 Å². The van der Waals surface area contributed by atoms with Crippen LogP contribution in [0.3, 0.4) is 0 Å². The number of benzene rings is 1. The van der Waals surface area contributed by atoms with Crippen molar-refractivity contribution in [1.29, 1.82) is 0 Å². The van der Waals surface area contributed by atoms with Crippen LogP contribution in [-0.2, 0) is 9.53 Å². The van der Waals surface area contributed by atoms with Crippen LogP contribution < -0.4 is 15.4 Å². The molecule has 0 aliphatic carbocycles. The maximum atomic E-state index is 12.5. The molecule has 0 radical (unpaired) electrons. The Morgan fingerprint density at radius 3 is 2.07 bits per heavy atom. The quantitative estimate of drug-likeness (QED) is 0.498. The molecule has 1 rings (SSSR count). The summed E-state index contributed by atoms with van der Waals surface area (Å²) in [5.41, 5.74) is -0.722. The third kappa shape index (κ3) is 8.47. The van der Waals surface area contributed by atoms with Crippen molar-refractivity contribution < 1.29 is 24.0 Å². The van der Waals surface area contributed by atoms with Crippen LogP contribution in [0.5, 0.6) is 5.75 Å². The molecule has 2 amide bonds. The monoisotopic (exact) mass is 409 g/mol. The van der Waals surface area contributed by atoms with Gasteiger partial charge in [-0.1, -0.05) is 13.8 Å². The van der Waals surface area contributed by atoms with Crippen LogP contribution in [0.1, 0.15) is 48.5 Å². The van der Waals surface area contributed by atoms with Crippen LogP contribution in [0, 0.1) is 16.0 Å². The molecule has 162 valence electrons. The zero-order valence-electron chi connectivity index (χ0n) is 18.0. The molecule has 0 aliphatic rings. The summed E-state index contributed by atoms with van der Waals surface area (Å²) < 4.78 is 10.9. The van der Waals surface area contributed by atoms with Crippen molar-refractivity contribution in [2.75, 3.05) is 0 Å². The van der Waals surface area contributed by atoms with E-state index in [1.165, 1.54) is 24.3 Å². The fourth-order valence-corrected chi connectivity index (χ4v) is 2.43. The van der Waals surface area contributed by atoms with Crippen LogP contribution in [0.2, 0.25) is 0 Å². The fraction of sp³-hybridized carbons (Fsp3) is 0.600. The second-order valence-electron chi connectivity index (χ2n) is 8.24. The van der Waals surface area contributed by atoms with Crippen LogP contribution >= 0.6 is 0 Å². The summed E-state index contributed by atoms with van der Waals surface area (Å²) in [5, 5.41) is 16.2. The SMILES string of the molecule is CC(N[C@H](C(=O)NC(=O)OC(C)(C)C)C(C)C)C(C)Oc1ccc([N+](=O)[O-])cc1. The average Bonchev–Trinajstić information content (AvgIpc) is 2.57. The van der Waals surface area contributed by atoms with Crippen molar-refractivity contribution >= 4 is 17.7 Å². The molecule has 2 unspecified atom stereocenters. The molecule has 29 heavy (non-hydrogen) atoms. The number of nitrogens with one attached hydrogen (secondary N) is 2. The Bertz CT molecular complexity index is 712. The number of rotatable bonds is 8. The molecule has 0 bridgehead atoms. The molecule has 1 aromatic rings. The first kappa shape index (κ1) is 24.4. The van der Waals surface area contributed by atoms with Crippen LogP contribution in [0.4, 0.5) is 10.5 Å². The smallest absolute Gasteiger partial charge is 0.414 e. The molecule has 9 heteroatoms. The first-order valence-corrected chi connectivity index (χ1v) is 9.51. The summed E-state index contributed by atoms with van der Waals surface area (Å²) in [6, 6.07) is 4.89. The highest BCUT2D eigenvalue weighted by Gasteiger charge is 2.29. The minimum atomic E-state index is -0.794. The number of carbonyl (C=O) groups is 2. The molecule has 0 aromatic heterocycles. The number of non-ortho nitro benzene ring substituents is 1. The molecule has 3 atom stereocenters. The maximum Gasteiger partial charge on any atom is 0.414 e. The molecule has 9 nitrogen and oxygen atoms in total. The van der Waals surface area contributed by atoms with Gasteiger partial charge >= 0.3 is 6.09 Å². The van der Waals surface area contributed by atoms with Crippen molar-refractivity contribution in [2.24, 2.45) is 5.92 Å². The molecular formula is C20H31N3O6. The van der Waals surface area contributed by atoms with Gasteiger partial charge in [0.2, 0.25) is 5.91 Å². The molecular weight excluding hydrogens is 378 g/mol. The minimum Gasteiger partial charge on any atom is -0.489 e. The van der Waals surface area contributed by atoms with Gasteiger partial charge in [-0.25, -0.2) is 4.79 Å². The van der Waals surface area contributed by atoms with Gasteiger partial charge in [-0.05, 0) is 52.7 Å². The van der Waals surface area contributed by atoms with E-state index in [2.05, 4.69) is 10.6 Å². The maximum absolute atomic E-state index is 12.5. The Labute approximate surface area is 171 Å². The molecule has 0 heterocycles. The van der Waals surface area contributed by atoms with Crippen molar-refractivity contribution in [3.63, 3.8) is 0 Å². The van der Waals surface area contributed by atoms with E-state index >= 15 is 0 Å². The highest BCUT2D eigenvalue weighted by Crippen LogP contribution is 2.19.